The molecule has 0 radical (unpaired) electrons. The van der Waals surface area contributed by atoms with Crippen LogP contribution in [0.1, 0.15) is 34.9 Å². The summed E-state index contributed by atoms with van der Waals surface area (Å²) >= 11 is 3.44. The van der Waals surface area contributed by atoms with Gasteiger partial charge < -0.3 is 5.11 Å². The topological polar surface area (TPSA) is 40.5 Å². The summed E-state index contributed by atoms with van der Waals surface area (Å²) in [6, 6.07) is 10.4. The highest BCUT2D eigenvalue weighted by Crippen LogP contribution is 2.38. The number of nitrogens with zero attached hydrogens (tertiary/aromatic N) is 1. The largest absolute Gasteiger partial charge is 0.480 e. The maximum absolute atomic E-state index is 11.6. The van der Waals surface area contributed by atoms with Crippen LogP contribution >= 0.6 is 23.1 Å². The van der Waals surface area contributed by atoms with E-state index in [0.717, 1.165) is 19.4 Å². The Morgan fingerprint density at radius 2 is 2.13 bits per heavy atom. The first-order chi connectivity index (χ1) is 11.1. The number of benzene rings is 1. The Morgan fingerprint density at radius 3 is 2.70 bits per heavy atom. The molecule has 1 fully saturated rings. The normalized spacial score (nSPS) is 19.8. The van der Waals surface area contributed by atoms with E-state index >= 15 is 0 Å². The van der Waals surface area contributed by atoms with Crippen molar-refractivity contribution in [3.63, 3.8) is 0 Å². The van der Waals surface area contributed by atoms with Gasteiger partial charge in [0.05, 0.1) is 6.04 Å². The van der Waals surface area contributed by atoms with Gasteiger partial charge in [0.2, 0.25) is 0 Å². The summed E-state index contributed by atoms with van der Waals surface area (Å²) in [4.78, 5) is 16.3. The lowest BCUT2D eigenvalue weighted by Crippen LogP contribution is -2.39. The number of hydrogen-bond donors (Lipinski definition) is 1. The molecular weight excluding hydrogens is 326 g/mol. The molecule has 1 saturated heterocycles. The van der Waals surface area contributed by atoms with E-state index in [4.69, 9.17) is 0 Å². The molecule has 2 atom stereocenters. The minimum absolute atomic E-state index is 0.0354. The number of aliphatic carboxylic acids is 1. The summed E-state index contributed by atoms with van der Waals surface area (Å²) in [5, 5.41) is 11.7. The molecule has 1 aromatic heterocycles. The van der Waals surface area contributed by atoms with Crippen LogP contribution in [-0.4, -0.2) is 34.8 Å². The number of hydrogen-bond acceptors (Lipinski definition) is 4. The van der Waals surface area contributed by atoms with Gasteiger partial charge in [0.1, 0.15) is 6.04 Å². The Hall–Kier alpha value is -1.30. The average Bonchev–Trinajstić information content (AvgIpc) is 3.18. The van der Waals surface area contributed by atoms with Gasteiger partial charge in [0, 0.05) is 16.3 Å². The zero-order valence-corrected chi connectivity index (χ0v) is 15.0. The van der Waals surface area contributed by atoms with Gasteiger partial charge in [-0.1, -0.05) is 12.1 Å². The molecule has 122 valence electrons. The first-order valence-electron chi connectivity index (χ1n) is 7.77. The molecule has 5 heteroatoms. The predicted octanol–water partition coefficient (Wildman–Crippen LogP) is 4.42. The third-order valence-corrected chi connectivity index (χ3v) is 6.21. The molecule has 23 heavy (non-hydrogen) atoms. The SMILES string of the molecule is CSc1ccc(C(c2cc(C)cs2)N2CCCC2C(=O)O)cc1. The number of thiophene rings is 1. The summed E-state index contributed by atoms with van der Waals surface area (Å²) in [7, 11) is 0. The van der Waals surface area contributed by atoms with E-state index in [1.54, 1.807) is 23.1 Å². The molecule has 1 aliphatic rings. The monoisotopic (exact) mass is 347 g/mol. The maximum atomic E-state index is 11.6. The van der Waals surface area contributed by atoms with Crippen LogP contribution in [-0.2, 0) is 4.79 Å². The van der Waals surface area contributed by atoms with Crippen LogP contribution in [0.2, 0.25) is 0 Å². The summed E-state index contributed by atoms with van der Waals surface area (Å²) < 4.78 is 0. The molecule has 2 heterocycles. The number of thioether (sulfide) groups is 1. The van der Waals surface area contributed by atoms with Crippen LogP contribution < -0.4 is 0 Å². The fourth-order valence-corrected chi connectivity index (χ4v) is 4.72. The van der Waals surface area contributed by atoms with Crippen molar-refractivity contribution in [3.05, 3.63) is 51.7 Å². The smallest absolute Gasteiger partial charge is 0.320 e. The summed E-state index contributed by atoms with van der Waals surface area (Å²) in [5.41, 5.74) is 2.42. The van der Waals surface area contributed by atoms with E-state index in [1.807, 2.05) is 0 Å². The highest BCUT2D eigenvalue weighted by molar-refractivity contribution is 7.98. The molecule has 0 bridgehead atoms. The van der Waals surface area contributed by atoms with Gasteiger partial charge in [-0.05, 0) is 60.7 Å². The third-order valence-electron chi connectivity index (χ3n) is 4.36. The third kappa shape index (κ3) is 3.47. The zero-order valence-electron chi connectivity index (χ0n) is 13.4. The van der Waals surface area contributed by atoms with Crippen LogP contribution in [0.4, 0.5) is 0 Å². The minimum Gasteiger partial charge on any atom is -0.480 e. The van der Waals surface area contributed by atoms with Crippen LogP contribution in [0.15, 0.2) is 40.6 Å². The van der Waals surface area contributed by atoms with Gasteiger partial charge in [0.25, 0.3) is 0 Å². The molecule has 1 N–H and O–H groups in total. The number of likely N-dealkylation sites (tertiary alicyclic amines) is 1. The van der Waals surface area contributed by atoms with Crippen molar-refractivity contribution in [1.29, 1.82) is 0 Å². The molecule has 0 spiro atoms. The fourth-order valence-electron chi connectivity index (χ4n) is 3.27. The Balaban J connectivity index is 2.01. The number of aryl methyl sites for hydroxylation is 1. The number of carbonyl (C=O) groups is 1. The van der Waals surface area contributed by atoms with Crippen LogP contribution in [0.5, 0.6) is 0 Å². The molecule has 1 aromatic carbocycles. The minimum atomic E-state index is -0.707. The van der Waals surface area contributed by atoms with E-state index in [-0.39, 0.29) is 12.1 Å². The van der Waals surface area contributed by atoms with Gasteiger partial charge in [-0.3, -0.25) is 9.69 Å². The zero-order chi connectivity index (χ0) is 16.4. The Morgan fingerprint density at radius 1 is 1.39 bits per heavy atom. The molecule has 0 saturated carbocycles. The molecule has 2 unspecified atom stereocenters. The quantitative estimate of drug-likeness (QED) is 0.813. The van der Waals surface area contributed by atoms with Gasteiger partial charge in [0.15, 0.2) is 0 Å². The molecule has 2 aromatic rings. The molecular formula is C18H21NO2S2. The lowest BCUT2D eigenvalue weighted by atomic mass is 10.0. The van der Waals surface area contributed by atoms with E-state index in [9.17, 15) is 9.90 Å². The lowest BCUT2D eigenvalue weighted by molar-refractivity contribution is -0.142. The molecule has 3 rings (SSSR count). The van der Waals surface area contributed by atoms with Crippen molar-refractivity contribution in [1.82, 2.24) is 4.90 Å². The van der Waals surface area contributed by atoms with E-state index in [2.05, 4.69) is 53.8 Å². The average molecular weight is 348 g/mol. The van der Waals surface area contributed by atoms with Gasteiger partial charge in [-0.2, -0.15) is 0 Å². The second-order valence-electron chi connectivity index (χ2n) is 5.94. The van der Waals surface area contributed by atoms with Crippen LogP contribution in [0.3, 0.4) is 0 Å². The van der Waals surface area contributed by atoms with Gasteiger partial charge >= 0.3 is 5.97 Å². The van der Waals surface area contributed by atoms with Crippen molar-refractivity contribution >= 4 is 29.1 Å². The summed E-state index contributed by atoms with van der Waals surface area (Å²) in [5.74, 6) is -0.707. The van der Waals surface area contributed by atoms with Crippen molar-refractivity contribution in [2.45, 2.75) is 36.7 Å². The van der Waals surface area contributed by atoms with Crippen molar-refractivity contribution in [2.75, 3.05) is 12.8 Å². The second kappa shape index (κ2) is 7.07. The highest BCUT2D eigenvalue weighted by Gasteiger charge is 2.37. The van der Waals surface area contributed by atoms with Crippen LogP contribution in [0, 0.1) is 6.92 Å². The molecule has 0 aliphatic carbocycles. The Labute approximate surface area is 145 Å². The first kappa shape index (κ1) is 16.6. The standard InChI is InChI=1S/C18H21NO2S2/c1-12-10-16(23-11-12)17(13-5-7-14(22-2)8-6-13)19-9-3-4-15(19)18(20)21/h5-8,10-11,15,17H,3-4,9H2,1-2H3,(H,20,21). The fraction of sp³-hybridized carbons (Fsp3) is 0.389. The lowest BCUT2D eigenvalue weighted by Gasteiger charge is -2.31. The molecule has 0 amide bonds. The van der Waals surface area contributed by atoms with Gasteiger partial charge in [-0.15, -0.1) is 23.1 Å². The number of rotatable bonds is 5. The van der Waals surface area contributed by atoms with Crippen LogP contribution in [0.25, 0.3) is 0 Å². The molecule has 1 aliphatic heterocycles. The van der Waals surface area contributed by atoms with Crippen molar-refractivity contribution < 1.29 is 9.90 Å². The predicted molar refractivity (Wildman–Crippen MR) is 96.5 cm³/mol. The van der Waals surface area contributed by atoms with Crippen molar-refractivity contribution in [3.8, 4) is 0 Å². The van der Waals surface area contributed by atoms with Crippen molar-refractivity contribution in [2.24, 2.45) is 0 Å². The van der Waals surface area contributed by atoms with Gasteiger partial charge in [-0.25, -0.2) is 0 Å². The first-order valence-corrected chi connectivity index (χ1v) is 9.88. The summed E-state index contributed by atoms with van der Waals surface area (Å²) in [6.45, 7) is 2.93. The summed E-state index contributed by atoms with van der Waals surface area (Å²) in [6.07, 6.45) is 3.75. The van der Waals surface area contributed by atoms with E-state index in [1.165, 1.54) is 20.9 Å². The van der Waals surface area contributed by atoms with E-state index in [0.29, 0.717) is 0 Å². The molecule has 3 nitrogen and oxygen atoms in total. The van der Waals surface area contributed by atoms with E-state index < -0.39 is 5.97 Å². The number of carboxylic acid groups (broad SMARTS) is 1. The highest BCUT2D eigenvalue weighted by atomic mass is 32.2. The number of carboxylic acids is 1. The maximum Gasteiger partial charge on any atom is 0.320 e. The second-order valence-corrected chi connectivity index (χ2v) is 7.76. The Kier molecular flexibility index (Phi) is 5.09. The Bertz CT molecular complexity index is 681.